The monoisotopic (exact) mass is 291 g/mol. The first-order valence-corrected chi connectivity index (χ1v) is 8.05. The zero-order valence-corrected chi connectivity index (χ0v) is 13.0. The minimum absolute atomic E-state index is 0.466. The molecule has 3 heterocycles. The number of aryl methyl sites for hydroxylation is 1. The molecule has 5 nitrogen and oxygen atoms in total. The Kier molecular flexibility index (Phi) is 3.76. The van der Waals surface area contributed by atoms with Crippen LogP contribution in [0.25, 0.3) is 10.7 Å². The Labute approximate surface area is 123 Å². The van der Waals surface area contributed by atoms with Crippen LogP contribution in [0.5, 0.6) is 0 Å². The molecule has 1 fully saturated rings. The van der Waals surface area contributed by atoms with Crippen molar-refractivity contribution < 1.29 is 0 Å². The number of piperazine rings is 1. The predicted octanol–water partition coefficient (Wildman–Crippen LogP) is 2.28. The quantitative estimate of drug-likeness (QED) is 0.911. The summed E-state index contributed by atoms with van der Waals surface area (Å²) in [5.41, 5.74) is 1.33. The fourth-order valence-corrected chi connectivity index (χ4v) is 3.74. The summed E-state index contributed by atoms with van der Waals surface area (Å²) in [5.74, 6) is 1.71. The molecule has 108 valence electrons. The van der Waals surface area contributed by atoms with E-state index in [1.165, 1.54) is 10.4 Å². The molecule has 2 aromatic rings. The van der Waals surface area contributed by atoms with E-state index in [-0.39, 0.29) is 0 Å². The smallest absolute Gasteiger partial charge is 0.245 e. The number of hydrogen-bond acceptors (Lipinski definition) is 5. The fourth-order valence-electron chi connectivity index (χ4n) is 2.81. The van der Waals surface area contributed by atoms with Crippen LogP contribution in [0.1, 0.15) is 26.3 Å². The summed E-state index contributed by atoms with van der Waals surface area (Å²) in [7, 11) is 0. The van der Waals surface area contributed by atoms with Crippen LogP contribution >= 0.6 is 11.3 Å². The number of H-pyrrole nitrogens is 1. The highest BCUT2D eigenvalue weighted by Gasteiger charge is 2.24. The molecule has 0 aromatic carbocycles. The molecular formula is C14H21N5S. The second-order valence-electron chi connectivity index (χ2n) is 5.49. The summed E-state index contributed by atoms with van der Waals surface area (Å²) in [5, 5.41) is 13.1. The predicted molar refractivity (Wildman–Crippen MR) is 83.3 cm³/mol. The Hall–Kier alpha value is -1.40. The van der Waals surface area contributed by atoms with Crippen LogP contribution in [-0.2, 0) is 6.42 Å². The van der Waals surface area contributed by atoms with Crippen LogP contribution in [0.2, 0.25) is 0 Å². The Bertz CT molecular complexity index is 566. The molecule has 0 bridgehead atoms. The number of anilines is 1. The molecule has 1 saturated heterocycles. The zero-order chi connectivity index (χ0) is 14.1. The normalized spacial score (nSPS) is 23.2. The van der Waals surface area contributed by atoms with E-state index < -0.39 is 0 Å². The van der Waals surface area contributed by atoms with Gasteiger partial charge in [0, 0.05) is 25.2 Å². The van der Waals surface area contributed by atoms with Gasteiger partial charge in [0.25, 0.3) is 0 Å². The average Bonchev–Trinajstić information content (AvgIpc) is 3.06. The van der Waals surface area contributed by atoms with Crippen molar-refractivity contribution in [2.24, 2.45) is 0 Å². The van der Waals surface area contributed by atoms with Gasteiger partial charge in [-0.1, -0.05) is 6.92 Å². The molecule has 0 saturated carbocycles. The van der Waals surface area contributed by atoms with Crippen molar-refractivity contribution in [1.29, 1.82) is 0 Å². The Morgan fingerprint density at radius 3 is 2.80 bits per heavy atom. The van der Waals surface area contributed by atoms with Gasteiger partial charge >= 0.3 is 0 Å². The van der Waals surface area contributed by atoms with E-state index in [1.54, 1.807) is 11.3 Å². The maximum absolute atomic E-state index is 4.70. The first kappa shape index (κ1) is 13.6. The fraction of sp³-hybridized carbons (Fsp3) is 0.571. The van der Waals surface area contributed by atoms with Gasteiger partial charge in [-0.25, -0.2) is 0 Å². The van der Waals surface area contributed by atoms with Crippen molar-refractivity contribution in [3.8, 4) is 10.7 Å². The van der Waals surface area contributed by atoms with E-state index in [0.717, 1.165) is 31.3 Å². The zero-order valence-electron chi connectivity index (χ0n) is 12.2. The van der Waals surface area contributed by atoms with E-state index in [4.69, 9.17) is 4.98 Å². The maximum Gasteiger partial charge on any atom is 0.245 e. The molecule has 2 aromatic heterocycles. The third-order valence-corrected chi connectivity index (χ3v) is 4.62. The lowest BCUT2D eigenvalue weighted by atomic mass is 10.1. The van der Waals surface area contributed by atoms with Crippen LogP contribution in [0.4, 0.5) is 5.95 Å². The van der Waals surface area contributed by atoms with Gasteiger partial charge in [0.15, 0.2) is 5.82 Å². The third-order valence-electron chi connectivity index (χ3n) is 3.66. The Morgan fingerprint density at radius 1 is 1.35 bits per heavy atom. The van der Waals surface area contributed by atoms with Gasteiger partial charge in [-0.2, -0.15) is 4.98 Å². The number of aromatic amines is 1. The van der Waals surface area contributed by atoms with Gasteiger partial charge in [0.2, 0.25) is 5.95 Å². The largest absolute Gasteiger partial charge is 0.336 e. The molecule has 1 aliphatic heterocycles. The number of thiophene rings is 1. The molecule has 6 heteroatoms. The third kappa shape index (κ3) is 2.58. The van der Waals surface area contributed by atoms with Crippen LogP contribution in [-0.4, -0.2) is 40.4 Å². The van der Waals surface area contributed by atoms with E-state index in [0.29, 0.717) is 12.1 Å². The molecule has 20 heavy (non-hydrogen) atoms. The topological polar surface area (TPSA) is 56.8 Å². The lowest BCUT2D eigenvalue weighted by Crippen LogP contribution is -2.54. The minimum Gasteiger partial charge on any atom is -0.336 e. The van der Waals surface area contributed by atoms with Crippen molar-refractivity contribution >= 4 is 17.3 Å². The Balaban J connectivity index is 1.83. The van der Waals surface area contributed by atoms with Crippen LogP contribution in [0.15, 0.2) is 11.4 Å². The summed E-state index contributed by atoms with van der Waals surface area (Å²) in [4.78, 5) is 8.16. The first-order valence-electron chi connectivity index (χ1n) is 7.17. The second kappa shape index (κ2) is 5.54. The highest BCUT2D eigenvalue weighted by molar-refractivity contribution is 7.13. The van der Waals surface area contributed by atoms with Crippen LogP contribution < -0.4 is 10.2 Å². The second-order valence-corrected chi connectivity index (χ2v) is 6.40. The molecule has 2 unspecified atom stereocenters. The number of aromatic nitrogens is 3. The molecule has 0 radical (unpaired) electrons. The minimum atomic E-state index is 0.466. The number of rotatable bonds is 3. The van der Waals surface area contributed by atoms with Gasteiger partial charge < -0.3 is 10.2 Å². The van der Waals surface area contributed by atoms with Crippen LogP contribution in [0.3, 0.4) is 0 Å². The molecule has 2 atom stereocenters. The molecule has 3 rings (SSSR count). The summed E-state index contributed by atoms with van der Waals surface area (Å²) < 4.78 is 0. The number of nitrogens with zero attached hydrogens (tertiary/aromatic N) is 3. The van der Waals surface area contributed by atoms with Gasteiger partial charge in [0.1, 0.15) is 0 Å². The van der Waals surface area contributed by atoms with E-state index in [2.05, 4.69) is 52.6 Å². The molecule has 0 amide bonds. The highest BCUT2D eigenvalue weighted by atomic mass is 32.1. The van der Waals surface area contributed by atoms with E-state index in [9.17, 15) is 0 Å². The van der Waals surface area contributed by atoms with E-state index in [1.807, 2.05) is 0 Å². The standard InChI is InChI=1S/C14H21N5S/c1-4-11-5-6-20-12(11)13-16-14(18-17-13)19-7-9(2)15-10(3)8-19/h5-6,9-10,15H,4,7-8H2,1-3H3,(H,16,17,18). The van der Waals surface area contributed by atoms with Crippen molar-refractivity contribution in [1.82, 2.24) is 20.5 Å². The van der Waals surface area contributed by atoms with Crippen molar-refractivity contribution in [3.05, 3.63) is 17.0 Å². The highest BCUT2D eigenvalue weighted by Crippen LogP contribution is 2.28. The molecule has 0 aliphatic carbocycles. The summed E-state index contributed by atoms with van der Waals surface area (Å²) in [6.45, 7) is 8.47. The summed E-state index contributed by atoms with van der Waals surface area (Å²) >= 11 is 1.72. The molecular weight excluding hydrogens is 270 g/mol. The maximum atomic E-state index is 4.70. The summed E-state index contributed by atoms with van der Waals surface area (Å²) in [6, 6.07) is 3.10. The molecule has 0 spiro atoms. The number of hydrogen-bond donors (Lipinski definition) is 2. The molecule has 2 N–H and O–H groups in total. The Morgan fingerprint density at radius 2 is 2.10 bits per heavy atom. The lowest BCUT2D eigenvalue weighted by molar-refractivity contribution is 0.403. The van der Waals surface area contributed by atoms with Crippen LogP contribution in [0, 0.1) is 0 Å². The van der Waals surface area contributed by atoms with Gasteiger partial charge in [-0.05, 0) is 37.3 Å². The van der Waals surface area contributed by atoms with Crippen molar-refractivity contribution in [2.75, 3.05) is 18.0 Å². The van der Waals surface area contributed by atoms with Crippen molar-refractivity contribution in [3.63, 3.8) is 0 Å². The summed E-state index contributed by atoms with van der Waals surface area (Å²) in [6.07, 6.45) is 1.02. The number of nitrogens with one attached hydrogen (secondary N) is 2. The van der Waals surface area contributed by atoms with Gasteiger partial charge in [0.05, 0.1) is 4.88 Å². The molecule has 1 aliphatic rings. The van der Waals surface area contributed by atoms with Gasteiger partial charge in [-0.3, -0.25) is 5.10 Å². The van der Waals surface area contributed by atoms with Crippen molar-refractivity contribution in [2.45, 2.75) is 39.3 Å². The SMILES string of the molecule is CCc1ccsc1-c1nc(N2CC(C)NC(C)C2)n[nH]1. The lowest BCUT2D eigenvalue weighted by Gasteiger charge is -2.35. The first-order chi connectivity index (χ1) is 9.67. The van der Waals surface area contributed by atoms with Gasteiger partial charge in [-0.15, -0.1) is 16.4 Å². The van der Waals surface area contributed by atoms with E-state index >= 15 is 0 Å². The average molecular weight is 291 g/mol.